The summed E-state index contributed by atoms with van der Waals surface area (Å²) in [4.78, 5) is 4.54. The Bertz CT molecular complexity index is 848. The van der Waals surface area contributed by atoms with Gasteiger partial charge in [-0.1, -0.05) is 25.1 Å². The van der Waals surface area contributed by atoms with Crippen LogP contribution in [0.4, 0.5) is 8.78 Å². The summed E-state index contributed by atoms with van der Waals surface area (Å²) in [5.41, 5.74) is 3.34. The molecule has 1 aromatic carbocycles. The van der Waals surface area contributed by atoms with Crippen molar-refractivity contribution in [1.29, 1.82) is 0 Å². The fourth-order valence-corrected chi connectivity index (χ4v) is 3.20. The quantitative estimate of drug-likeness (QED) is 0.624. The molecule has 120 valence electrons. The fraction of sp³-hybridized carbons (Fsp3) is 0.235. The zero-order chi connectivity index (χ0) is 16.6. The number of para-hydroxylation sites is 1. The molecule has 23 heavy (non-hydrogen) atoms. The first kappa shape index (κ1) is 15.9. The highest BCUT2D eigenvalue weighted by atomic mass is 79.9. The van der Waals surface area contributed by atoms with E-state index < -0.39 is 6.61 Å². The van der Waals surface area contributed by atoms with Crippen LogP contribution >= 0.6 is 15.9 Å². The molecule has 3 nitrogen and oxygen atoms in total. The molecule has 0 bridgehead atoms. The van der Waals surface area contributed by atoms with E-state index in [4.69, 9.17) is 0 Å². The van der Waals surface area contributed by atoms with Crippen LogP contribution in [0.15, 0.2) is 47.1 Å². The first-order valence-corrected chi connectivity index (χ1v) is 7.94. The highest BCUT2D eigenvalue weighted by Gasteiger charge is 2.21. The summed E-state index contributed by atoms with van der Waals surface area (Å²) in [5, 5.41) is 0. The second-order valence-electron chi connectivity index (χ2n) is 5.30. The fourth-order valence-electron chi connectivity index (χ4n) is 2.87. The van der Waals surface area contributed by atoms with E-state index in [0.717, 1.165) is 21.5 Å². The summed E-state index contributed by atoms with van der Waals surface area (Å²) in [6, 6.07) is 10.7. The van der Waals surface area contributed by atoms with Gasteiger partial charge in [0.05, 0.1) is 11.4 Å². The van der Waals surface area contributed by atoms with Crippen molar-refractivity contribution < 1.29 is 13.5 Å². The Kier molecular flexibility index (Phi) is 4.35. The molecule has 0 aliphatic heterocycles. The maximum absolute atomic E-state index is 12.6. The summed E-state index contributed by atoms with van der Waals surface area (Å²) < 4.78 is 32.9. The lowest BCUT2D eigenvalue weighted by atomic mass is 9.95. The SMILES string of the molecule is Cc1nc2ccc(Br)cn2c1C(C)c1ccccc1OC(F)F. The van der Waals surface area contributed by atoms with Gasteiger partial charge < -0.3 is 9.14 Å². The number of aryl methyl sites for hydroxylation is 1. The Balaban J connectivity index is 2.13. The molecule has 0 saturated carbocycles. The number of hydrogen-bond donors (Lipinski definition) is 0. The zero-order valence-electron chi connectivity index (χ0n) is 12.6. The molecule has 6 heteroatoms. The number of hydrogen-bond acceptors (Lipinski definition) is 2. The number of ether oxygens (including phenoxy) is 1. The summed E-state index contributed by atoms with van der Waals surface area (Å²) in [6.07, 6.45) is 1.93. The van der Waals surface area contributed by atoms with Crippen molar-refractivity contribution in [2.24, 2.45) is 0 Å². The minimum atomic E-state index is -2.85. The lowest BCUT2D eigenvalue weighted by Crippen LogP contribution is -2.08. The van der Waals surface area contributed by atoms with Crippen LogP contribution < -0.4 is 4.74 Å². The molecule has 0 radical (unpaired) electrons. The molecule has 0 N–H and O–H groups in total. The average Bonchev–Trinajstić information content (AvgIpc) is 2.81. The van der Waals surface area contributed by atoms with Crippen molar-refractivity contribution in [3.8, 4) is 5.75 Å². The molecular weight excluding hydrogens is 366 g/mol. The number of nitrogens with zero attached hydrogens (tertiary/aromatic N) is 2. The minimum absolute atomic E-state index is 0.144. The van der Waals surface area contributed by atoms with E-state index in [1.54, 1.807) is 18.2 Å². The van der Waals surface area contributed by atoms with Crippen molar-refractivity contribution in [3.63, 3.8) is 0 Å². The Hall–Kier alpha value is -1.95. The third kappa shape index (κ3) is 3.08. The van der Waals surface area contributed by atoms with E-state index in [9.17, 15) is 8.78 Å². The number of rotatable bonds is 4. The topological polar surface area (TPSA) is 26.5 Å². The van der Waals surface area contributed by atoms with Gasteiger partial charge in [0.25, 0.3) is 0 Å². The third-order valence-electron chi connectivity index (χ3n) is 3.82. The van der Waals surface area contributed by atoms with Gasteiger partial charge in [-0.2, -0.15) is 8.78 Å². The van der Waals surface area contributed by atoms with Gasteiger partial charge >= 0.3 is 6.61 Å². The molecule has 0 aliphatic rings. The largest absolute Gasteiger partial charge is 0.435 e. The van der Waals surface area contributed by atoms with Gasteiger partial charge in [-0.15, -0.1) is 0 Å². The van der Waals surface area contributed by atoms with Crippen LogP contribution in [0.5, 0.6) is 5.75 Å². The van der Waals surface area contributed by atoms with Crippen molar-refractivity contribution in [2.75, 3.05) is 0 Å². The highest BCUT2D eigenvalue weighted by molar-refractivity contribution is 9.10. The molecular formula is C17H15BrF2N2O. The Morgan fingerprint density at radius 1 is 1.17 bits per heavy atom. The van der Waals surface area contributed by atoms with E-state index in [0.29, 0.717) is 5.56 Å². The van der Waals surface area contributed by atoms with Crippen molar-refractivity contribution in [3.05, 3.63) is 64.0 Å². The third-order valence-corrected chi connectivity index (χ3v) is 4.28. The van der Waals surface area contributed by atoms with Gasteiger partial charge in [0.15, 0.2) is 0 Å². The van der Waals surface area contributed by atoms with Crippen LogP contribution in [-0.2, 0) is 0 Å². The van der Waals surface area contributed by atoms with Crippen LogP contribution in [0.3, 0.4) is 0 Å². The smallest absolute Gasteiger partial charge is 0.387 e. The monoisotopic (exact) mass is 380 g/mol. The molecule has 0 amide bonds. The number of aromatic nitrogens is 2. The Morgan fingerprint density at radius 3 is 2.65 bits per heavy atom. The van der Waals surface area contributed by atoms with E-state index in [-0.39, 0.29) is 11.7 Å². The van der Waals surface area contributed by atoms with Gasteiger partial charge in [0, 0.05) is 22.2 Å². The van der Waals surface area contributed by atoms with E-state index in [1.165, 1.54) is 0 Å². The molecule has 0 spiro atoms. The van der Waals surface area contributed by atoms with E-state index in [2.05, 4.69) is 25.7 Å². The van der Waals surface area contributed by atoms with Gasteiger partial charge in [0.2, 0.25) is 0 Å². The average molecular weight is 381 g/mol. The van der Waals surface area contributed by atoms with Gasteiger partial charge in [-0.05, 0) is 41.1 Å². The molecule has 1 unspecified atom stereocenters. The number of pyridine rings is 1. The number of imidazole rings is 1. The molecule has 3 aromatic rings. The number of fused-ring (bicyclic) bond motifs is 1. The molecule has 0 saturated heterocycles. The first-order valence-electron chi connectivity index (χ1n) is 7.15. The van der Waals surface area contributed by atoms with Crippen LogP contribution in [0.25, 0.3) is 5.65 Å². The van der Waals surface area contributed by atoms with Crippen LogP contribution in [-0.4, -0.2) is 16.0 Å². The first-order chi connectivity index (χ1) is 11.0. The van der Waals surface area contributed by atoms with Crippen LogP contribution in [0.2, 0.25) is 0 Å². The predicted molar refractivity (Wildman–Crippen MR) is 88.2 cm³/mol. The zero-order valence-corrected chi connectivity index (χ0v) is 14.2. The van der Waals surface area contributed by atoms with Gasteiger partial charge in [0.1, 0.15) is 11.4 Å². The lowest BCUT2D eigenvalue weighted by Gasteiger charge is -2.17. The highest BCUT2D eigenvalue weighted by Crippen LogP contribution is 2.34. The normalized spacial score (nSPS) is 12.8. The predicted octanol–water partition coefficient (Wildman–Crippen LogP) is 5.16. The minimum Gasteiger partial charge on any atom is -0.435 e. The molecule has 3 rings (SSSR count). The van der Waals surface area contributed by atoms with Crippen molar-refractivity contribution in [1.82, 2.24) is 9.38 Å². The Labute approximate surface area is 141 Å². The Morgan fingerprint density at radius 2 is 1.91 bits per heavy atom. The number of benzene rings is 1. The number of halogens is 3. The molecule has 2 aromatic heterocycles. The van der Waals surface area contributed by atoms with Crippen molar-refractivity contribution >= 4 is 21.6 Å². The summed E-state index contributed by atoms with van der Waals surface area (Å²) in [6.45, 7) is 1.04. The molecule has 0 aliphatic carbocycles. The van der Waals surface area contributed by atoms with E-state index in [1.807, 2.05) is 42.6 Å². The van der Waals surface area contributed by atoms with Gasteiger partial charge in [-0.25, -0.2) is 4.98 Å². The maximum atomic E-state index is 12.6. The van der Waals surface area contributed by atoms with Crippen molar-refractivity contribution in [2.45, 2.75) is 26.4 Å². The second-order valence-corrected chi connectivity index (χ2v) is 6.21. The summed E-state index contributed by atoms with van der Waals surface area (Å²) in [7, 11) is 0. The second kappa shape index (κ2) is 6.28. The summed E-state index contributed by atoms with van der Waals surface area (Å²) in [5.74, 6) is 0.0496. The molecule has 0 fully saturated rings. The number of alkyl halides is 2. The van der Waals surface area contributed by atoms with Crippen LogP contribution in [0.1, 0.15) is 29.8 Å². The summed E-state index contributed by atoms with van der Waals surface area (Å²) >= 11 is 3.46. The van der Waals surface area contributed by atoms with Crippen LogP contribution in [0, 0.1) is 6.92 Å². The standard InChI is InChI=1S/C17H15BrF2N2O/c1-10(13-5-3-4-6-14(13)23-17(19)20)16-11(2)21-15-8-7-12(18)9-22(15)16/h3-10,17H,1-2H3. The lowest BCUT2D eigenvalue weighted by molar-refractivity contribution is -0.0505. The maximum Gasteiger partial charge on any atom is 0.387 e. The molecule has 1 atom stereocenters. The van der Waals surface area contributed by atoms with E-state index >= 15 is 0 Å². The van der Waals surface area contributed by atoms with Gasteiger partial charge in [-0.3, -0.25) is 0 Å². The molecule has 2 heterocycles.